The molecule has 1 aliphatic heterocycles. The molecule has 0 bridgehead atoms. The molecule has 0 aromatic heterocycles. The fourth-order valence-corrected chi connectivity index (χ4v) is 2.16. The van der Waals surface area contributed by atoms with Gasteiger partial charge in [0.05, 0.1) is 25.2 Å². The number of methoxy groups -OCH3 is 1. The van der Waals surface area contributed by atoms with Crippen molar-refractivity contribution >= 4 is 12.0 Å². The van der Waals surface area contributed by atoms with Crippen LogP contribution in [0.2, 0.25) is 0 Å². The largest absolute Gasteiger partial charge is 0.493 e. The third-order valence-electron chi connectivity index (χ3n) is 3.57. The standard InChI is InChI=1S/C16H18N2O3/c1-11(7-8-17)18(2)16(19)13-9-12-5-4-6-14(20-3)15(12)21-10-13/h4-6,9,11H,7,10H2,1-3H3. The Balaban J connectivity index is 2.24. The van der Waals surface area contributed by atoms with E-state index < -0.39 is 0 Å². The molecule has 0 N–H and O–H groups in total. The Morgan fingerprint density at radius 2 is 2.33 bits per heavy atom. The molecule has 2 rings (SSSR count). The zero-order valence-corrected chi connectivity index (χ0v) is 12.4. The van der Waals surface area contributed by atoms with Gasteiger partial charge in [-0.2, -0.15) is 5.26 Å². The maximum Gasteiger partial charge on any atom is 0.253 e. The molecule has 1 unspecified atom stereocenters. The number of nitrogens with zero attached hydrogens (tertiary/aromatic N) is 2. The number of rotatable bonds is 4. The number of amides is 1. The van der Waals surface area contributed by atoms with Crippen LogP contribution in [0.15, 0.2) is 23.8 Å². The van der Waals surface area contributed by atoms with E-state index in [1.807, 2.05) is 31.2 Å². The number of nitriles is 1. The molecule has 0 spiro atoms. The average Bonchev–Trinajstić information content (AvgIpc) is 2.52. The van der Waals surface area contributed by atoms with Crippen LogP contribution in [-0.4, -0.2) is 37.6 Å². The molecule has 0 aliphatic carbocycles. The van der Waals surface area contributed by atoms with Crippen molar-refractivity contribution in [2.45, 2.75) is 19.4 Å². The summed E-state index contributed by atoms with van der Waals surface area (Å²) in [4.78, 5) is 14.0. The molecule has 1 amide bonds. The SMILES string of the molecule is COc1cccc2c1OCC(C(=O)N(C)C(C)CC#N)=C2. The lowest BCUT2D eigenvalue weighted by atomic mass is 10.1. The fraction of sp³-hybridized carbons (Fsp3) is 0.375. The molecule has 0 radical (unpaired) electrons. The van der Waals surface area contributed by atoms with Crippen molar-refractivity contribution in [1.29, 1.82) is 5.26 Å². The minimum absolute atomic E-state index is 0.119. The number of benzene rings is 1. The highest BCUT2D eigenvalue weighted by molar-refractivity contribution is 5.99. The predicted octanol–water partition coefficient (Wildman–Crippen LogP) is 2.23. The van der Waals surface area contributed by atoms with Gasteiger partial charge in [-0.3, -0.25) is 4.79 Å². The molecule has 0 saturated carbocycles. The summed E-state index contributed by atoms with van der Waals surface area (Å²) in [5.41, 5.74) is 1.40. The Morgan fingerprint density at radius 3 is 3.00 bits per heavy atom. The van der Waals surface area contributed by atoms with Crippen LogP contribution in [0.5, 0.6) is 11.5 Å². The average molecular weight is 286 g/mol. The summed E-state index contributed by atoms with van der Waals surface area (Å²) in [6.07, 6.45) is 2.13. The van der Waals surface area contributed by atoms with Crippen molar-refractivity contribution < 1.29 is 14.3 Å². The van der Waals surface area contributed by atoms with Crippen LogP contribution < -0.4 is 9.47 Å². The fourth-order valence-electron chi connectivity index (χ4n) is 2.16. The predicted molar refractivity (Wildman–Crippen MR) is 78.9 cm³/mol. The zero-order chi connectivity index (χ0) is 15.4. The Bertz CT molecular complexity index is 616. The van der Waals surface area contributed by atoms with Gasteiger partial charge in [0.2, 0.25) is 0 Å². The van der Waals surface area contributed by atoms with Gasteiger partial charge in [0.15, 0.2) is 11.5 Å². The summed E-state index contributed by atoms with van der Waals surface area (Å²) in [6.45, 7) is 2.05. The lowest BCUT2D eigenvalue weighted by Crippen LogP contribution is -2.37. The quantitative estimate of drug-likeness (QED) is 0.851. The second-order valence-corrected chi connectivity index (χ2v) is 4.96. The van der Waals surface area contributed by atoms with Gasteiger partial charge < -0.3 is 14.4 Å². The lowest BCUT2D eigenvalue weighted by molar-refractivity contribution is -0.127. The molecule has 1 aromatic rings. The summed E-state index contributed by atoms with van der Waals surface area (Å²) in [5.74, 6) is 1.19. The Labute approximate surface area is 124 Å². The van der Waals surface area contributed by atoms with Gasteiger partial charge in [-0.1, -0.05) is 12.1 Å². The summed E-state index contributed by atoms with van der Waals surface area (Å²) >= 11 is 0. The van der Waals surface area contributed by atoms with Crippen molar-refractivity contribution in [2.75, 3.05) is 20.8 Å². The van der Waals surface area contributed by atoms with E-state index in [1.165, 1.54) is 0 Å². The molecule has 1 heterocycles. The van der Waals surface area contributed by atoms with Crippen LogP contribution in [0, 0.1) is 11.3 Å². The van der Waals surface area contributed by atoms with Gasteiger partial charge in [0.1, 0.15) is 6.61 Å². The second kappa shape index (κ2) is 6.31. The highest BCUT2D eigenvalue weighted by Crippen LogP contribution is 2.35. The van der Waals surface area contributed by atoms with E-state index in [1.54, 1.807) is 19.1 Å². The minimum Gasteiger partial charge on any atom is -0.493 e. The van der Waals surface area contributed by atoms with Crippen LogP contribution in [0.25, 0.3) is 6.08 Å². The van der Waals surface area contributed by atoms with Crippen LogP contribution >= 0.6 is 0 Å². The van der Waals surface area contributed by atoms with Crippen molar-refractivity contribution in [1.82, 2.24) is 4.90 Å². The van der Waals surface area contributed by atoms with E-state index in [0.29, 0.717) is 23.5 Å². The molecule has 5 heteroatoms. The van der Waals surface area contributed by atoms with Gasteiger partial charge in [-0.25, -0.2) is 0 Å². The van der Waals surface area contributed by atoms with Gasteiger partial charge in [0.25, 0.3) is 5.91 Å². The van der Waals surface area contributed by atoms with Crippen LogP contribution in [0.4, 0.5) is 0 Å². The van der Waals surface area contributed by atoms with Crippen LogP contribution in [0.3, 0.4) is 0 Å². The Morgan fingerprint density at radius 1 is 1.57 bits per heavy atom. The van der Waals surface area contributed by atoms with E-state index in [9.17, 15) is 4.79 Å². The van der Waals surface area contributed by atoms with E-state index in [4.69, 9.17) is 14.7 Å². The summed E-state index contributed by atoms with van der Waals surface area (Å²) in [7, 11) is 3.28. The number of likely N-dealkylation sites (N-methyl/N-ethyl adjacent to an activating group) is 1. The highest BCUT2D eigenvalue weighted by Gasteiger charge is 2.24. The van der Waals surface area contributed by atoms with Crippen molar-refractivity contribution in [3.8, 4) is 17.6 Å². The van der Waals surface area contributed by atoms with E-state index in [-0.39, 0.29) is 18.6 Å². The summed E-state index contributed by atoms with van der Waals surface area (Å²) < 4.78 is 10.9. The first-order valence-electron chi connectivity index (χ1n) is 6.73. The monoisotopic (exact) mass is 286 g/mol. The van der Waals surface area contributed by atoms with Crippen molar-refractivity contribution in [2.24, 2.45) is 0 Å². The van der Waals surface area contributed by atoms with Gasteiger partial charge in [0, 0.05) is 18.7 Å². The Hall–Kier alpha value is -2.48. The van der Waals surface area contributed by atoms with Gasteiger partial charge >= 0.3 is 0 Å². The minimum atomic E-state index is -0.130. The number of para-hydroxylation sites is 1. The normalized spacial score (nSPS) is 14.1. The van der Waals surface area contributed by atoms with Crippen molar-refractivity contribution in [3.63, 3.8) is 0 Å². The third-order valence-corrected chi connectivity index (χ3v) is 3.57. The summed E-state index contributed by atoms with van der Waals surface area (Å²) in [6, 6.07) is 7.50. The first-order chi connectivity index (χ1) is 10.1. The smallest absolute Gasteiger partial charge is 0.253 e. The number of fused-ring (bicyclic) bond motifs is 1. The molecule has 5 nitrogen and oxygen atoms in total. The maximum absolute atomic E-state index is 12.4. The second-order valence-electron chi connectivity index (χ2n) is 4.96. The molecule has 1 atom stereocenters. The molecule has 110 valence electrons. The van der Waals surface area contributed by atoms with Crippen molar-refractivity contribution in [3.05, 3.63) is 29.3 Å². The van der Waals surface area contributed by atoms with E-state index in [2.05, 4.69) is 6.07 Å². The molecule has 1 aliphatic rings. The maximum atomic E-state index is 12.4. The van der Waals surface area contributed by atoms with Gasteiger partial charge in [-0.15, -0.1) is 0 Å². The highest BCUT2D eigenvalue weighted by atomic mass is 16.5. The topological polar surface area (TPSA) is 62.6 Å². The Kier molecular flexibility index (Phi) is 4.49. The number of hydrogen-bond acceptors (Lipinski definition) is 4. The first-order valence-corrected chi connectivity index (χ1v) is 6.73. The number of ether oxygens (including phenoxy) is 2. The molecule has 0 saturated heterocycles. The number of carbonyl (C=O) groups excluding carboxylic acids is 1. The third kappa shape index (κ3) is 3.00. The first kappa shape index (κ1) is 14.9. The molecule has 21 heavy (non-hydrogen) atoms. The zero-order valence-electron chi connectivity index (χ0n) is 12.4. The van der Waals surface area contributed by atoms with Crippen LogP contribution in [0.1, 0.15) is 18.9 Å². The van der Waals surface area contributed by atoms with E-state index >= 15 is 0 Å². The molecule has 1 aromatic carbocycles. The number of hydrogen-bond donors (Lipinski definition) is 0. The summed E-state index contributed by atoms with van der Waals surface area (Å²) in [5, 5.41) is 8.72. The molecular weight excluding hydrogens is 268 g/mol. The van der Waals surface area contributed by atoms with E-state index in [0.717, 1.165) is 5.56 Å². The van der Waals surface area contributed by atoms with Crippen LogP contribution in [-0.2, 0) is 4.79 Å². The lowest BCUT2D eigenvalue weighted by Gasteiger charge is -2.26. The molecular formula is C16H18N2O3. The molecule has 0 fully saturated rings. The number of carbonyl (C=O) groups is 1. The van der Waals surface area contributed by atoms with Gasteiger partial charge in [-0.05, 0) is 19.1 Å².